The first-order valence-corrected chi connectivity index (χ1v) is 6.62. The number of ether oxygens (including phenoxy) is 1. The molecule has 1 aliphatic heterocycles. The Kier molecular flexibility index (Phi) is 3.73. The fraction of sp³-hybridized carbons (Fsp3) is 0.923. The maximum Gasteiger partial charge on any atom is 0.227 e. The first kappa shape index (κ1) is 12.8. The van der Waals surface area contributed by atoms with Crippen molar-refractivity contribution in [2.24, 2.45) is 17.1 Å². The van der Waals surface area contributed by atoms with Crippen molar-refractivity contribution in [1.29, 1.82) is 0 Å². The van der Waals surface area contributed by atoms with Gasteiger partial charge in [-0.25, -0.2) is 0 Å². The molecule has 0 aromatic carbocycles. The number of nitrogens with one attached hydrogen (secondary N) is 1. The van der Waals surface area contributed by atoms with Crippen molar-refractivity contribution >= 4 is 5.91 Å². The van der Waals surface area contributed by atoms with E-state index in [-0.39, 0.29) is 17.9 Å². The fourth-order valence-electron chi connectivity index (χ4n) is 2.69. The second-order valence-corrected chi connectivity index (χ2v) is 6.25. The van der Waals surface area contributed by atoms with E-state index in [9.17, 15) is 4.79 Å². The molecule has 2 fully saturated rings. The lowest BCUT2D eigenvalue weighted by atomic mass is 9.75. The minimum absolute atomic E-state index is 0.0831. The van der Waals surface area contributed by atoms with E-state index < -0.39 is 0 Å². The zero-order valence-corrected chi connectivity index (χ0v) is 10.9. The summed E-state index contributed by atoms with van der Waals surface area (Å²) >= 11 is 0. The summed E-state index contributed by atoms with van der Waals surface area (Å²) in [4.78, 5) is 12.0. The Hall–Kier alpha value is -0.610. The Labute approximate surface area is 103 Å². The van der Waals surface area contributed by atoms with Gasteiger partial charge in [-0.15, -0.1) is 0 Å². The summed E-state index contributed by atoms with van der Waals surface area (Å²) in [5.41, 5.74) is 6.28. The molecule has 0 spiro atoms. The van der Waals surface area contributed by atoms with Gasteiger partial charge in [-0.1, -0.05) is 13.8 Å². The summed E-state index contributed by atoms with van der Waals surface area (Å²) in [6, 6.07) is 0.207. The second-order valence-electron chi connectivity index (χ2n) is 6.25. The highest BCUT2D eigenvalue weighted by molar-refractivity contribution is 5.80. The third kappa shape index (κ3) is 3.19. The quantitative estimate of drug-likeness (QED) is 0.758. The number of carbonyl (C=O) groups excluding carboxylic acids is 1. The number of rotatable bonds is 2. The third-order valence-corrected chi connectivity index (χ3v) is 4.15. The van der Waals surface area contributed by atoms with Crippen molar-refractivity contribution in [3.63, 3.8) is 0 Å². The number of carbonyl (C=O) groups is 1. The molecule has 2 aliphatic rings. The van der Waals surface area contributed by atoms with Gasteiger partial charge < -0.3 is 15.8 Å². The van der Waals surface area contributed by atoms with Gasteiger partial charge in [-0.05, 0) is 31.1 Å². The van der Waals surface area contributed by atoms with E-state index in [2.05, 4.69) is 19.2 Å². The molecule has 0 aromatic heterocycles. The average molecular weight is 240 g/mol. The van der Waals surface area contributed by atoms with Crippen molar-refractivity contribution in [3.05, 3.63) is 0 Å². The highest BCUT2D eigenvalue weighted by Gasteiger charge is 2.34. The summed E-state index contributed by atoms with van der Waals surface area (Å²) in [6.45, 7) is 5.58. The van der Waals surface area contributed by atoms with Crippen molar-refractivity contribution in [2.75, 3.05) is 13.2 Å². The van der Waals surface area contributed by atoms with Crippen LogP contribution in [0.3, 0.4) is 0 Å². The van der Waals surface area contributed by atoms with Gasteiger partial charge in [0.2, 0.25) is 5.91 Å². The van der Waals surface area contributed by atoms with Crippen LogP contribution in [-0.4, -0.2) is 31.2 Å². The van der Waals surface area contributed by atoms with E-state index in [1.807, 2.05) is 0 Å². The lowest BCUT2D eigenvalue weighted by Crippen LogP contribution is -2.46. The Balaban J connectivity index is 1.80. The molecule has 1 saturated carbocycles. The minimum atomic E-state index is -0.148. The molecule has 98 valence electrons. The second kappa shape index (κ2) is 4.94. The first-order valence-electron chi connectivity index (χ1n) is 6.62. The van der Waals surface area contributed by atoms with Gasteiger partial charge in [0, 0.05) is 12.1 Å². The first-order chi connectivity index (χ1) is 7.98. The van der Waals surface area contributed by atoms with Crippen molar-refractivity contribution in [2.45, 2.75) is 51.6 Å². The maximum atomic E-state index is 12.0. The Morgan fingerprint density at radius 2 is 1.94 bits per heavy atom. The van der Waals surface area contributed by atoms with Crippen LogP contribution in [0, 0.1) is 11.3 Å². The van der Waals surface area contributed by atoms with E-state index in [0.29, 0.717) is 24.7 Å². The molecule has 4 heteroatoms. The largest absolute Gasteiger partial charge is 0.379 e. The summed E-state index contributed by atoms with van der Waals surface area (Å²) < 4.78 is 5.23. The minimum Gasteiger partial charge on any atom is -0.379 e. The van der Waals surface area contributed by atoms with Gasteiger partial charge in [-0.2, -0.15) is 0 Å². The SMILES string of the molecule is CC1(C)CCC(NC(=O)C2COCC2N)CC1. The summed E-state index contributed by atoms with van der Waals surface area (Å²) in [7, 11) is 0. The molecule has 17 heavy (non-hydrogen) atoms. The Morgan fingerprint density at radius 1 is 1.29 bits per heavy atom. The van der Waals surface area contributed by atoms with Gasteiger partial charge >= 0.3 is 0 Å². The fourth-order valence-corrected chi connectivity index (χ4v) is 2.69. The Morgan fingerprint density at radius 3 is 2.47 bits per heavy atom. The van der Waals surface area contributed by atoms with Crippen LogP contribution in [0.25, 0.3) is 0 Å². The normalized spacial score (nSPS) is 33.6. The lowest BCUT2D eigenvalue weighted by Gasteiger charge is -2.35. The number of amides is 1. The van der Waals surface area contributed by atoms with E-state index in [4.69, 9.17) is 10.5 Å². The molecular formula is C13H24N2O2. The van der Waals surface area contributed by atoms with Gasteiger partial charge in [0.1, 0.15) is 0 Å². The van der Waals surface area contributed by atoms with E-state index in [0.717, 1.165) is 12.8 Å². The number of nitrogens with two attached hydrogens (primary N) is 1. The van der Waals surface area contributed by atoms with E-state index in [1.54, 1.807) is 0 Å². The van der Waals surface area contributed by atoms with Gasteiger partial charge in [0.15, 0.2) is 0 Å². The number of hydrogen-bond acceptors (Lipinski definition) is 3. The van der Waals surface area contributed by atoms with Gasteiger partial charge in [0.25, 0.3) is 0 Å². The molecule has 2 unspecified atom stereocenters. The third-order valence-electron chi connectivity index (χ3n) is 4.15. The van der Waals surface area contributed by atoms with Crippen LogP contribution in [-0.2, 0) is 9.53 Å². The lowest BCUT2D eigenvalue weighted by molar-refractivity contribution is -0.126. The van der Waals surface area contributed by atoms with Crippen LogP contribution in [0.1, 0.15) is 39.5 Å². The van der Waals surface area contributed by atoms with Crippen molar-refractivity contribution in [1.82, 2.24) is 5.32 Å². The van der Waals surface area contributed by atoms with Gasteiger partial charge in [0.05, 0.1) is 19.1 Å². The zero-order chi connectivity index (χ0) is 12.5. The standard InChI is InChI=1S/C13H24N2O2/c1-13(2)5-3-9(4-6-13)15-12(16)10-7-17-8-11(10)14/h9-11H,3-8,14H2,1-2H3,(H,15,16). The highest BCUT2D eigenvalue weighted by atomic mass is 16.5. The molecule has 3 N–H and O–H groups in total. The van der Waals surface area contributed by atoms with Crippen LogP contribution in [0.15, 0.2) is 0 Å². The average Bonchev–Trinajstić information content (AvgIpc) is 2.68. The molecule has 0 aromatic rings. The van der Waals surface area contributed by atoms with Crippen LogP contribution in [0.4, 0.5) is 0 Å². The maximum absolute atomic E-state index is 12.0. The van der Waals surface area contributed by atoms with Crippen LogP contribution < -0.4 is 11.1 Å². The predicted molar refractivity (Wildman–Crippen MR) is 66.5 cm³/mol. The highest BCUT2D eigenvalue weighted by Crippen LogP contribution is 2.35. The summed E-state index contributed by atoms with van der Waals surface area (Å²) in [5, 5.41) is 3.13. The van der Waals surface area contributed by atoms with E-state index >= 15 is 0 Å². The molecule has 2 atom stereocenters. The Bertz CT molecular complexity index is 281. The van der Waals surface area contributed by atoms with Gasteiger partial charge in [-0.3, -0.25) is 4.79 Å². The van der Waals surface area contributed by atoms with Crippen molar-refractivity contribution in [3.8, 4) is 0 Å². The molecular weight excluding hydrogens is 216 g/mol. The molecule has 1 heterocycles. The van der Waals surface area contributed by atoms with Crippen LogP contribution >= 0.6 is 0 Å². The summed E-state index contributed by atoms with van der Waals surface area (Å²) in [5.74, 6) is -0.0651. The molecule has 4 nitrogen and oxygen atoms in total. The van der Waals surface area contributed by atoms with Crippen molar-refractivity contribution < 1.29 is 9.53 Å². The smallest absolute Gasteiger partial charge is 0.227 e. The monoisotopic (exact) mass is 240 g/mol. The molecule has 1 saturated heterocycles. The molecule has 0 bridgehead atoms. The van der Waals surface area contributed by atoms with E-state index in [1.165, 1.54) is 12.8 Å². The van der Waals surface area contributed by atoms with Crippen LogP contribution in [0.5, 0.6) is 0 Å². The number of hydrogen-bond donors (Lipinski definition) is 2. The summed E-state index contributed by atoms with van der Waals surface area (Å²) in [6.07, 6.45) is 4.54. The van der Waals surface area contributed by atoms with Crippen LogP contribution in [0.2, 0.25) is 0 Å². The molecule has 2 rings (SSSR count). The molecule has 1 amide bonds. The predicted octanol–water partition coefficient (Wildman–Crippen LogP) is 1.05. The zero-order valence-electron chi connectivity index (χ0n) is 10.9. The molecule has 0 radical (unpaired) electrons. The topological polar surface area (TPSA) is 64.3 Å². The molecule has 1 aliphatic carbocycles.